The standard InChI is InChI=1S/C14H20ClN3O/c1-3-19-10-4-9-18-12(5-7-15)17-13-11(2)6-8-16-14(13)18/h6,8H,3-5,7,9-10H2,1-2H3. The second-order valence-electron chi connectivity index (χ2n) is 4.47. The molecule has 4 nitrogen and oxygen atoms in total. The lowest BCUT2D eigenvalue weighted by Gasteiger charge is -2.07. The molecule has 0 N–H and O–H groups in total. The van der Waals surface area contributed by atoms with Crippen LogP contribution < -0.4 is 0 Å². The number of nitrogens with zero attached hydrogens (tertiary/aromatic N) is 3. The molecule has 0 aromatic carbocycles. The molecule has 19 heavy (non-hydrogen) atoms. The van der Waals surface area contributed by atoms with Gasteiger partial charge in [0.2, 0.25) is 0 Å². The minimum atomic E-state index is 0.577. The third-order valence-electron chi connectivity index (χ3n) is 3.11. The van der Waals surface area contributed by atoms with E-state index in [1.165, 1.54) is 0 Å². The highest BCUT2D eigenvalue weighted by Crippen LogP contribution is 2.18. The SMILES string of the molecule is CCOCCCn1c(CCCl)nc2c(C)ccnc21. The minimum Gasteiger partial charge on any atom is -0.382 e. The molecule has 2 aromatic heterocycles. The van der Waals surface area contributed by atoms with Crippen LogP contribution in [0.3, 0.4) is 0 Å². The Kier molecular flexibility index (Phi) is 5.16. The van der Waals surface area contributed by atoms with E-state index in [1.54, 1.807) is 0 Å². The lowest BCUT2D eigenvalue weighted by atomic mass is 10.3. The summed E-state index contributed by atoms with van der Waals surface area (Å²) in [4.78, 5) is 9.14. The van der Waals surface area contributed by atoms with Crippen LogP contribution in [0.1, 0.15) is 24.7 Å². The number of imidazole rings is 1. The van der Waals surface area contributed by atoms with E-state index >= 15 is 0 Å². The largest absolute Gasteiger partial charge is 0.382 e. The van der Waals surface area contributed by atoms with Crippen molar-refractivity contribution in [3.05, 3.63) is 23.7 Å². The van der Waals surface area contributed by atoms with Crippen LogP contribution in [0.2, 0.25) is 0 Å². The highest BCUT2D eigenvalue weighted by molar-refractivity contribution is 6.17. The number of ether oxygens (including phenoxy) is 1. The van der Waals surface area contributed by atoms with E-state index in [4.69, 9.17) is 16.3 Å². The van der Waals surface area contributed by atoms with Gasteiger partial charge in [-0.1, -0.05) is 0 Å². The van der Waals surface area contributed by atoms with E-state index in [1.807, 2.05) is 19.2 Å². The molecule has 0 saturated heterocycles. The second-order valence-corrected chi connectivity index (χ2v) is 4.85. The summed E-state index contributed by atoms with van der Waals surface area (Å²) in [6, 6.07) is 1.99. The number of hydrogen-bond donors (Lipinski definition) is 0. The fraction of sp³-hybridized carbons (Fsp3) is 0.571. The molecule has 104 valence electrons. The smallest absolute Gasteiger partial charge is 0.160 e. The van der Waals surface area contributed by atoms with Crippen LogP contribution >= 0.6 is 11.6 Å². The number of halogens is 1. The van der Waals surface area contributed by atoms with Crippen molar-refractivity contribution in [3.8, 4) is 0 Å². The van der Waals surface area contributed by atoms with Crippen LogP contribution in [0.5, 0.6) is 0 Å². The van der Waals surface area contributed by atoms with E-state index in [2.05, 4.69) is 21.5 Å². The fourth-order valence-electron chi connectivity index (χ4n) is 2.16. The maximum absolute atomic E-state index is 5.86. The Balaban J connectivity index is 2.27. The van der Waals surface area contributed by atoms with E-state index in [-0.39, 0.29) is 0 Å². The first kappa shape index (κ1) is 14.3. The maximum atomic E-state index is 5.86. The highest BCUT2D eigenvalue weighted by atomic mass is 35.5. The molecule has 0 aliphatic carbocycles. The molecule has 0 atom stereocenters. The molecule has 0 fully saturated rings. The van der Waals surface area contributed by atoms with Gasteiger partial charge in [0.05, 0.1) is 0 Å². The first-order valence-corrected chi connectivity index (χ1v) is 7.25. The molecule has 0 radical (unpaired) electrons. The number of pyridine rings is 1. The Labute approximate surface area is 118 Å². The molecule has 2 rings (SSSR count). The van der Waals surface area contributed by atoms with Crippen molar-refractivity contribution in [3.63, 3.8) is 0 Å². The van der Waals surface area contributed by atoms with Crippen molar-refractivity contribution < 1.29 is 4.74 Å². The van der Waals surface area contributed by atoms with Gasteiger partial charge in [-0.3, -0.25) is 0 Å². The average molecular weight is 282 g/mol. The van der Waals surface area contributed by atoms with Gasteiger partial charge in [0, 0.05) is 38.3 Å². The number of aryl methyl sites for hydroxylation is 3. The normalized spacial score (nSPS) is 11.3. The Morgan fingerprint density at radius 1 is 1.42 bits per heavy atom. The summed E-state index contributed by atoms with van der Waals surface area (Å²) < 4.78 is 7.56. The van der Waals surface area contributed by atoms with Crippen molar-refractivity contribution in [2.75, 3.05) is 19.1 Å². The van der Waals surface area contributed by atoms with Gasteiger partial charge in [-0.05, 0) is 31.9 Å². The highest BCUT2D eigenvalue weighted by Gasteiger charge is 2.12. The Morgan fingerprint density at radius 3 is 3.00 bits per heavy atom. The predicted molar refractivity (Wildman–Crippen MR) is 77.8 cm³/mol. The van der Waals surface area contributed by atoms with Crippen LogP contribution in [0, 0.1) is 6.92 Å². The van der Waals surface area contributed by atoms with Crippen LogP contribution in [0.25, 0.3) is 11.2 Å². The van der Waals surface area contributed by atoms with Crippen molar-refractivity contribution >= 4 is 22.8 Å². The third-order valence-corrected chi connectivity index (χ3v) is 3.30. The summed E-state index contributed by atoms with van der Waals surface area (Å²) in [6.45, 7) is 6.47. The zero-order chi connectivity index (χ0) is 13.7. The molecule has 5 heteroatoms. The van der Waals surface area contributed by atoms with Crippen LogP contribution in [-0.4, -0.2) is 33.6 Å². The van der Waals surface area contributed by atoms with Crippen LogP contribution in [0.15, 0.2) is 12.3 Å². The van der Waals surface area contributed by atoms with Crippen molar-refractivity contribution in [2.24, 2.45) is 0 Å². The van der Waals surface area contributed by atoms with Crippen LogP contribution in [0.4, 0.5) is 0 Å². The van der Waals surface area contributed by atoms with Gasteiger partial charge in [0.15, 0.2) is 5.65 Å². The van der Waals surface area contributed by atoms with Crippen molar-refractivity contribution in [1.82, 2.24) is 14.5 Å². The molecule has 0 aliphatic heterocycles. The van der Waals surface area contributed by atoms with Gasteiger partial charge < -0.3 is 9.30 Å². The fourth-order valence-corrected chi connectivity index (χ4v) is 2.33. The summed E-state index contributed by atoms with van der Waals surface area (Å²) in [5.41, 5.74) is 3.10. The maximum Gasteiger partial charge on any atom is 0.160 e. The minimum absolute atomic E-state index is 0.577. The number of rotatable bonds is 7. The first-order chi connectivity index (χ1) is 9.27. The molecular formula is C14H20ClN3O. The third kappa shape index (κ3) is 3.25. The van der Waals surface area contributed by atoms with Crippen molar-refractivity contribution in [2.45, 2.75) is 33.2 Å². The summed E-state index contributed by atoms with van der Waals surface area (Å²) in [5, 5.41) is 0. The molecule has 0 unspecified atom stereocenters. The lowest BCUT2D eigenvalue weighted by molar-refractivity contribution is 0.141. The van der Waals surface area contributed by atoms with Crippen molar-refractivity contribution in [1.29, 1.82) is 0 Å². The van der Waals surface area contributed by atoms with Gasteiger partial charge in [-0.25, -0.2) is 9.97 Å². The number of aromatic nitrogens is 3. The Hall–Kier alpha value is -1.13. The summed E-state index contributed by atoms with van der Waals surface area (Å²) in [7, 11) is 0. The summed E-state index contributed by atoms with van der Waals surface area (Å²) >= 11 is 5.86. The predicted octanol–water partition coefficient (Wildman–Crippen LogP) is 2.95. The van der Waals surface area contributed by atoms with Gasteiger partial charge in [0.1, 0.15) is 11.3 Å². The number of fused-ring (bicyclic) bond motifs is 1. The van der Waals surface area contributed by atoms with E-state index in [0.29, 0.717) is 5.88 Å². The Morgan fingerprint density at radius 2 is 2.26 bits per heavy atom. The topological polar surface area (TPSA) is 39.9 Å². The molecule has 0 saturated carbocycles. The Bertz CT molecular complexity index is 539. The molecule has 2 aromatic rings. The summed E-state index contributed by atoms with van der Waals surface area (Å²) in [6.07, 6.45) is 3.57. The number of hydrogen-bond acceptors (Lipinski definition) is 3. The summed E-state index contributed by atoms with van der Waals surface area (Å²) in [5.74, 6) is 1.59. The average Bonchev–Trinajstić information content (AvgIpc) is 2.75. The lowest BCUT2D eigenvalue weighted by Crippen LogP contribution is -2.08. The molecule has 0 amide bonds. The molecule has 0 spiro atoms. The quantitative estimate of drug-likeness (QED) is 0.579. The molecular weight excluding hydrogens is 262 g/mol. The molecule has 0 aliphatic rings. The van der Waals surface area contributed by atoms with E-state index in [9.17, 15) is 0 Å². The monoisotopic (exact) mass is 281 g/mol. The zero-order valence-corrected chi connectivity index (χ0v) is 12.3. The van der Waals surface area contributed by atoms with Gasteiger partial charge >= 0.3 is 0 Å². The van der Waals surface area contributed by atoms with Gasteiger partial charge in [0.25, 0.3) is 0 Å². The van der Waals surface area contributed by atoms with E-state index < -0.39 is 0 Å². The molecule has 2 heterocycles. The van der Waals surface area contributed by atoms with Gasteiger partial charge in [-0.2, -0.15) is 0 Å². The first-order valence-electron chi connectivity index (χ1n) is 6.72. The zero-order valence-electron chi connectivity index (χ0n) is 11.5. The molecule has 0 bridgehead atoms. The van der Waals surface area contributed by atoms with Gasteiger partial charge in [-0.15, -0.1) is 11.6 Å². The van der Waals surface area contributed by atoms with Crippen LogP contribution in [-0.2, 0) is 17.7 Å². The van der Waals surface area contributed by atoms with E-state index in [0.717, 1.165) is 55.2 Å². The second kappa shape index (κ2) is 6.87. The number of alkyl halides is 1.